The quantitative estimate of drug-likeness (QED) is 0.482. The lowest BCUT2D eigenvalue weighted by atomic mass is 10.1. The average Bonchev–Trinajstić information content (AvgIpc) is 3.23. The summed E-state index contributed by atoms with van der Waals surface area (Å²) < 4.78 is 20.1. The smallest absolute Gasteiger partial charge is 0.217 e. The van der Waals surface area contributed by atoms with Gasteiger partial charge in [0.15, 0.2) is 0 Å². The van der Waals surface area contributed by atoms with Gasteiger partial charge in [-0.3, -0.25) is 9.78 Å². The third-order valence-electron chi connectivity index (χ3n) is 4.33. The molecule has 0 saturated carbocycles. The van der Waals surface area contributed by atoms with E-state index in [4.69, 9.17) is 49.6 Å². The summed E-state index contributed by atoms with van der Waals surface area (Å²) in [5, 5.41) is 4.08. The molecule has 3 aromatic rings. The van der Waals surface area contributed by atoms with Crippen LogP contribution in [0.15, 0.2) is 48.8 Å². The lowest BCUT2D eigenvalue weighted by molar-refractivity contribution is -0.187. The highest BCUT2D eigenvalue weighted by Gasteiger charge is 2.44. The number of nitrogens with zero attached hydrogens (tertiary/aromatic N) is 2. The highest BCUT2D eigenvalue weighted by molar-refractivity contribution is 7.71. The first-order valence-corrected chi connectivity index (χ1v) is 9.77. The molecule has 0 bridgehead atoms. The predicted octanol–water partition coefficient (Wildman–Crippen LogP) is 5.96. The van der Waals surface area contributed by atoms with Crippen molar-refractivity contribution >= 4 is 35.4 Å². The molecule has 0 amide bonds. The Kier molecular flexibility index (Phi) is 6.65. The summed E-state index contributed by atoms with van der Waals surface area (Å²) in [5.74, 6) is 0.184. The maximum Gasteiger partial charge on any atom is 0.217 e. The number of ether oxygens (including phenoxy) is 3. The molecule has 2 atom stereocenters. The van der Waals surface area contributed by atoms with Crippen LogP contribution in [-0.2, 0) is 21.8 Å². The minimum atomic E-state index is -1.07. The van der Waals surface area contributed by atoms with Crippen molar-refractivity contribution in [3.8, 4) is 11.5 Å². The Bertz CT molecular complexity index is 1040. The van der Waals surface area contributed by atoms with Gasteiger partial charge in [-0.2, -0.15) is 0 Å². The molecule has 29 heavy (non-hydrogen) atoms. The van der Waals surface area contributed by atoms with Crippen molar-refractivity contribution in [2.24, 2.45) is 0 Å². The number of H-pyrrole nitrogens is 1. The van der Waals surface area contributed by atoms with E-state index in [9.17, 15) is 0 Å². The van der Waals surface area contributed by atoms with Crippen molar-refractivity contribution in [3.63, 3.8) is 0 Å². The van der Waals surface area contributed by atoms with Crippen LogP contribution in [0.4, 0.5) is 0 Å². The zero-order valence-electron chi connectivity index (χ0n) is 14.9. The van der Waals surface area contributed by atoms with Gasteiger partial charge in [-0.15, -0.1) is 0 Å². The molecule has 1 aliphatic heterocycles. The van der Waals surface area contributed by atoms with Crippen molar-refractivity contribution in [3.05, 3.63) is 69.2 Å². The lowest BCUT2D eigenvalue weighted by Gasteiger charge is -2.29. The topological polar surface area (TPSA) is 61.3 Å². The normalized spacial score (nSPS) is 21.0. The molecule has 2 unspecified atom stereocenters. The first kappa shape index (κ1) is 21.8. The first-order valence-electron chi connectivity index (χ1n) is 8.61. The van der Waals surface area contributed by atoms with E-state index in [1.807, 2.05) is 19.1 Å². The number of hydrogen-bond acceptors (Lipinski definition) is 5. The molecule has 2 aromatic carbocycles. The minimum absolute atomic E-state index is 0. The minimum Gasteiger partial charge on any atom is -0.457 e. The number of aromatic amines is 1. The monoisotopic (exact) mass is 453 g/mol. The molecule has 1 aromatic heterocycles. The third-order valence-corrected chi connectivity index (χ3v) is 5.22. The molecule has 1 aliphatic rings. The molecule has 2 heterocycles. The summed E-state index contributed by atoms with van der Waals surface area (Å²) >= 11 is 17.7. The van der Waals surface area contributed by atoms with E-state index < -0.39 is 5.79 Å². The fourth-order valence-corrected chi connectivity index (χ4v) is 3.67. The Balaban J connectivity index is 0.00000240. The van der Waals surface area contributed by atoms with Crippen LogP contribution in [0, 0.1) is 4.77 Å². The fraction of sp³-hybridized carbons (Fsp3) is 0.300. The third kappa shape index (κ3) is 4.65. The van der Waals surface area contributed by atoms with E-state index in [1.54, 1.807) is 35.0 Å². The average molecular weight is 454 g/mol. The zero-order valence-corrected chi connectivity index (χ0v) is 17.2. The Hall–Kier alpha value is -1.90. The summed E-state index contributed by atoms with van der Waals surface area (Å²) in [6, 6.07) is 12.5. The maximum absolute atomic E-state index is 6.60. The Labute approximate surface area is 184 Å². The van der Waals surface area contributed by atoms with Crippen molar-refractivity contribution in [1.82, 2.24) is 14.8 Å². The van der Waals surface area contributed by atoms with Gasteiger partial charge in [0.2, 0.25) is 10.6 Å². The molecule has 4 rings (SSSR count). The SMILES string of the molecule is C.CC1COC(Cn2[nH]cnc2=S)(c2ccc(Oc3ccc(Cl)cc3)cc2Cl)O1. The van der Waals surface area contributed by atoms with Crippen LogP contribution in [0.2, 0.25) is 10.0 Å². The van der Waals surface area contributed by atoms with Crippen LogP contribution < -0.4 is 4.74 Å². The second-order valence-corrected chi connectivity index (χ2v) is 7.65. The van der Waals surface area contributed by atoms with Gasteiger partial charge in [0.25, 0.3) is 0 Å². The second kappa shape index (κ2) is 8.85. The number of rotatable bonds is 5. The van der Waals surface area contributed by atoms with Gasteiger partial charge in [-0.1, -0.05) is 30.6 Å². The van der Waals surface area contributed by atoms with Gasteiger partial charge in [0, 0.05) is 10.6 Å². The number of hydrogen-bond donors (Lipinski definition) is 1. The van der Waals surface area contributed by atoms with Crippen molar-refractivity contribution in [1.29, 1.82) is 0 Å². The standard InChI is InChI=1S/C19H17Cl2N3O3S.CH4/c1-12-9-25-19(27-12,10-24-18(28)22-11-23-24)16-7-6-15(8-17(16)21)26-14-4-2-13(20)3-5-14;/h2-8,11-12H,9-10H2,1H3,(H,22,23,28);1H4. The molecule has 154 valence electrons. The Morgan fingerprint density at radius 2 is 1.97 bits per heavy atom. The molecule has 1 saturated heterocycles. The van der Waals surface area contributed by atoms with Crippen molar-refractivity contribution < 1.29 is 14.2 Å². The van der Waals surface area contributed by atoms with Gasteiger partial charge >= 0.3 is 0 Å². The lowest BCUT2D eigenvalue weighted by Crippen LogP contribution is -2.34. The molecular formula is C20H21Cl2N3O3S. The van der Waals surface area contributed by atoms with E-state index in [-0.39, 0.29) is 13.5 Å². The number of benzene rings is 2. The number of halogens is 2. The first-order chi connectivity index (χ1) is 13.4. The molecule has 9 heteroatoms. The second-order valence-electron chi connectivity index (χ2n) is 6.45. The number of nitrogens with one attached hydrogen (secondary N) is 1. The van der Waals surface area contributed by atoms with Gasteiger partial charge in [-0.05, 0) is 61.6 Å². The van der Waals surface area contributed by atoms with Gasteiger partial charge < -0.3 is 14.2 Å². The van der Waals surface area contributed by atoms with Crippen molar-refractivity contribution in [2.75, 3.05) is 6.61 Å². The van der Waals surface area contributed by atoms with Crippen LogP contribution in [0.1, 0.15) is 19.9 Å². The largest absolute Gasteiger partial charge is 0.457 e. The summed E-state index contributed by atoms with van der Waals surface area (Å²) in [7, 11) is 0. The zero-order chi connectivity index (χ0) is 19.7. The van der Waals surface area contributed by atoms with Crippen LogP contribution in [0.25, 0.3) is 0 Å². The summed E-state index contributed by atoms with van der Waals surface area (Å²) in [4.78, 5) is 4.04. The van der Waals surface area contributed by atoms with Crippen LogP contribution in [-0.4, -0.2) is 27.5 Å². The highest BCUT2D eigenvalue weighted by atomic mass is 35.5. The summed E-state index contributed by atoms with van der Waals surface area (Å²) in [6.45, 7) is 2.69. The van der Waals surface area contributed by atoms with Crippen molar-refractivity contribution in [2.45, 2.75) is 32.8 Å². The summed E-state index contributed by atoms with van der Waals surface area (Å²) in [6.07, 6.45) is 1.44. The van der Waals surface area contributed by atoms with Crippen LogP contribution in [0.5, 0.6) is 11.5 Å². The maximum atomic E-state index is 6.60. The van der Waals surface area contributed by atoms with E-state index in [0.717, 1.165) is 0 Å². The van der Waals surface area contributed by atoms with Crippen LogP contribution in [0.3, 0.4) is 0 Å². The van der Waals surface area contributed by atoms with E-state index >= 15 is 0 Å². The Morgan fingerprint density at radius 1 is 1.24 bits per heavy atom. The molecule has 0 aliphatic carbocycles. The van der Waals surface area contributed by atoms with Crippen LogP contribution >= 0.6 is 35.4 Å². The molecular weight excluding hydrogens is 433 g/mol. The fourth-order valence-electron chi connectivity index (χ4n) is 3.06. The molecule has 1 fully saturated rings. The predicted molar refractivity (Wildman–Crippen MR) is 115 cm³/mol. The molecule has 0 spiro atoms. The van der Waals surface area contributed by atoms with E-state index in [2.05, 4.69) is 10.1 Å². The summed E-state index contributed by atoms with van der Waals surface area (Å²) in [5.41, 5.74) is 0.693. The highest BCUT2D eigenvalue weighted by Crippen LogP contribution is 2.41. The number of aromatic nitrogens is 3. The van der Waals surface area contributed by atoms with E-state index in [1.165, 1.54) is 6.33 Å². The molecule has 0 radical (unpaired) electrons. The van der Waals surface area contributed by atoms with E-state index in [0.29, 0.717) is 45.0 Å². The molecule has 1 N–H and O–H groups in total. The molecule has 6 nitrogen and oxygen atoms in total. The van der Waals surface area contributed by atoms with Gasteiger partial charge in [0.05, 0.1) is 17.7 Å². The Morgan fingerprint density at radius 3 is 2.55 bits per heavy atom. The van der Waals surface area contributed by atoms with Gasteiger partial charge in [0.1, 0.15) is 24.4 Å². The van der Waals surface area contributed by atoms with Gasteiger partial charge in [-0.25, -0.2) is 4.98 Å².